The van der Waals surface area contributed by atoms with E-state index in [1.807, 2.05) is 0 Å². The summed E-state index contributed by atoms with van der Waals surface area (Å²) < 4.78 is 5.45. The van der Waals surface area contributed by atoms with Gasteiger partial charge in [-0.15, -0.1) is 0 Å². The summed E-state index contributed by atoms with van der Waals surface area (Å²) in [6.07, 6.45) is 1.46. The van der Waals surface area contributed by atoms with Crippen molar-refractivity contribution in [3.63, 3.8) is 0 Å². The molecule has 1 N–H and O–H groups in total. The van der Waals surface area contributed by atoms with Gasteiger partial charge in [-0.25, -0.2) is 4.98 Å². The number of nitrogens with zero attached hydrogens (tertiary/aromatic N) is 1. The van der Waals surface area contributed by atoms with E-state index in [4.69, 9.17) is 9.84 Å². The van der Waals surface area contributed by atoms with Gasteiger partial charge in [0.05, 0.1) is 19.7 Å². The Morgan fingerprint density at radius 1 is 1.77 bits per heavy atom. The Morgan fingerprint density at radius 3 is 3.00 bits per heavy atom. The highest BCUT2D eigenvalue weighted by Crippen LogP contribution is 2.19. The van der Waals surface area contributed by atoms with Crippen LogP contribution in [-0.4, -0.2) is 23.2 Å². The van der Waals surface area contributed by atoms with Crippen molar-refractivity contribution in [2.24, 2.45) is 0 Å². The summed E-state index contributed by atoms with van der Waals surface area (Å²) in [7, 11) is 1.51. The number of carboxylic acids is 1. The van der Waals surface area contributed by atoms with E-state index in [1.165, 1.54) is 13.3 Å². The third-order valence-corrected chi connectivity index (χ3v) is 2.18. The first kappa shape index (κ1) is 9.98. The molecular formula is C8H8BrNO3. The number of ether oxygens (including phenoxy) is 1. The molecule has 0 atom stereocenters. The Hall–Kier alpha value is -1.10. The Morgan fingerprint density at radius 2 is 2.46 bits per heavy atom. The molecule has 1 aromatic heterocycles. The minimum absolute atomic E-state index is 0.0647. The van der Waals surface area contributed by atoms with Crippen LogP contribution in [0, 0.1) is 0 Å². The largest absolute Gasteiger partial charge is 0.495 e. The molecule has 0 spiro atoms. The normalized spacial score (nSPS) is 9.69. The fourth-order valence-electron chi connectivity index (χ4n) is 0.870. The molecule has 0 aliphatic rings. The van der Waals surface area contributed by atoms with Crippen molar-refractivity contribution >= 4 is 21.9 Å². The minimum atomic E-state index is -0.893. The van der Waals surface area contributed by atoms with Crippen LogP contribution in [0.25, 0.3) is 0 Å². The zero-order valence-electron chi connectivity index (χ0n) is 6.95. The second kappa shape index (κ2) is 4.23. The first-order valence-corrected chi connectivity index (χ1v) is 4.33. The SMILES string of the molecule is COc1cnc(Br)c(CC(=O)O)c1. The average molecular weight is 246 g/mol. The summed E-state index contributed by atoms with van der Waals surface area (Å²) in [6.45, 7) is 0. The van der Waals surface area contributed by atoms with Crippen LogP contribution < -0.4 is 4.74 Å². The molecule has 70 valence electrons. The van der Waals surface area contributed by atoms with Crippen LogP contribution in [0.3, 0.4) is 0 Å². The molecule has 13 heavy (non-hydrogen) atoms. The number of hydrogen-bond acceptors (Lipinski definition) is 3. The molecule has 0 unspecified atom stereocenters. The minimum Gasteiger partial charge on any atom is -0.495 e. The number of aromatic nitrogens is 1. The van der Waals surface area contributed by atoms with Gasteiger partial charge in [0.15, 0.2) is 0 Å². The third-order valence-electron chi connectivity index (χ3n) is 1.46. The lowest BCUT2D eigenvalue weighted by Gasteiger charge is -2.03. The van der Waals surface area contributed by atoms with Gasteiger partial charge in [0.1, 0.15) is 10.4 Å². The van der Waals surface area contributed by atoms with Crippen LogP contribution in [0.4, 0.5) is 0 Å². The molecule has 0 aliphatic carbocycles. The van der Waals surface area contributed by atoms with Crippen molar-refractivity contribution in [1.29, 1.82) is 0 Å². The number of carbonyl (C=O) groups is 1. The first-order chi connectivity index (χ1) is 6.13. The number of halogens is 1. The van der Waals surface area contributed by atoms with Gasteiger partial charge in [-0.1, -0.05) is 0 Å². The van der Waals surface area contributed by atoms with Crippen LogP contribution in [-0.2, 0) is 11.2 Å². The molecule has 1 rings (SSSR count). The van der Waals surface area contributed by atoms with Crippen molar-refractivity contribution in [3.8, 4) is 5.75 Å². The summed E-state index contributed by atoms with van der Waals surface area (Å²) in [6, 6.07) is 1.64. The number of carboxylic acid groups (broad SMARTS) is 1. The molecule has 0 radical (unpaired) electrons. The maximum Gasteiger partial charge on any atom is 0.307 e. The van der Waals surface area contributed by atoms with E-state index >= 15 is 0 Å². The zero-order valence-corrected chi connectivity index (χ0v) is 8.54. The predicted octanol–water partition coefficient (Wildman–Crippen LogP) is 1.48. The molecule has 0 saturated heterocycles. The van der Waals surface area contributed by atoms with Crippen LogP contribution in [0.15, 0.2) is 16.9 Å². The van der Waals surface area contributed by atoms with Crippen LogP contribution >= 0.6 is 15.9 Å². The molecule has 0 amide bonds. The van der Waals surface area contributed by atoms with Gasteiger partial charge >= 0.3 is 5.97 Å². The topological polar surface area (TPSA) is 59.4 Å². The molecule has 1 heterocycles. The highest BCUT2D eigenvalue weighted by molar-refractivity contribution is 9.10. The maximum absolute atomic E-state index is 10.4. The lowest BCUT2D eigenvalue weighted by Crippen LogP contribution is -2.02. The standard InChI is InChI=1S/C8H8BrNO3/c1-13-6-2-5(3-7(11)12)8(9)10-4-6/h2,4H,3H2,1H3,(H,11,12). The summed E-state index contributed by atoms with van der Waals surface area (Å²) in [5.74, 6) is -0.338. The van der Waals surface area contributed by atoms with Crippen LogP contribution in [0.1, 0.15) is 5.56 Å². The lowest BCUT2D eigenvalue weighted by molar-refractivity contribution is -0.136. The third kappa shape index (κ3) is 2.69. The van der Waals surface area contributed by atoms with E-state index in [9.17, 15) is 4.79 Å². The van der Waals surface area contributed by atoms with E-state index in [1.54, 1.807) is 6.07 Å². The number of rotatable bonds is 3. The van der Waals surface area contributed by atoms with Crippen LogP contribution in [0.5, 0.6) is 5.75 Å². The Balaban J connectivity index is 2.96. The summed E-state index contributed by atoms with van der Waals surface area (Å²) in [5.41, 5.74) is 0.604. The maximum atomic E-state index is 10.4. The van der Waals surface area contributed by atoms with Crippen molar-refractivity contribution in [2.75, 3.05) is 7.11 Å². The smallest absolute Gasteiger partial charge is 0.307 e. The fourth-order valence-corrected chi connectivity index (χ4v) is 1.23. The molecule has 5 heteroatoms. The van der Waals surface area contributed by atoms with Crippen molar-refractivity contribution in [3.05, 3.63) is 22.4 Å². The fraction of sp³-hybridized carbons (Fsp3) is 0.250. The highest BCUT2D eigenvalue weighted by atomic mass is 79.9. The second-order valence-electron chi connectivity index (χ2n) is 2.40. The van der Waals surface area contributed by atoms with E-state index in [-0.39, 0.29) is 6.42 Å². The molecule has 0 aliphatic heterocycles. The van der Waals surface area contributed by atoms with E-state index in [0.29, 0.717) is 15.9 Å². The number of hydrogen-bond donors (Lipinski definition) is 1. The Bertz CT molecular complexity index is 327. The van der Waals surface area contributed by atoms with Crippen molar-refractivity contribution in [1.82, 2.24) is 4.98 Å². The number of methoxy groups -OCH3 is 1. The van der Waals surface area contributed by atoms with Crippen LogP contribution in [0.2, 0.25) is 0 Å². The summed E-state index contributed by atoms with van der Waals surface area (Å²) >= 11 is 3.16. The first-order valence-electron chi connectivity index (χ1n) is 3.53. The van der Waals surface area contributed by atoms with Gasteiger partial charge in [-0.2, -0.15) is 0 Å². The predicted molar refractivity (Wildman–Crippen MR) is 49.8 cm³/mol. The van der Waals surface area contributed by atoms with Gasteiger partial charge in [-0.05, 0) is 27.6 Å². The summed E-state index contributed by atoms with van der Waals surface area (Å²) in [4.78, 5) is 14.4. The average Bonchev–Trinajstić information content (AvgIpc) is 2.08. The van der Waals surface area contributed by atoms with Gasteiger partial charge in [0, 0.05) is 0 Å². The second-order valence-corrected chi connectivity index (χ2v) is 3.15. The summed E-state index contributed by atoms with van der Waals surface area (Å²) in [5, 5.41) is 8.57. The van der Waals surface area contributed by atoms with Gasteiger partial charge in [0.25, 0.3) is 0 Å². The quantitative estimate of drug-likeness (QED) is 0.820. The van der Waals surface area contributed by atoms with Crippen molar-refractivity contribution in [2.45, 2.75) is 6.42 Å². The molecule has 4 nitrogen and oxygen atoms in total. The highest BCUT2D eigenvalue weighted by Gasteiger charge is 2.07. The monoisotopic (exact) mass is 245 g/mol. The van der Waals surface area contributed by atoms with Gasteiger partial charge < -0.3 is 9.84 Å². The van der Waals surface area contributed by atoms with Gasteiger partial charge in [-0.3, -0.25) is 4.79 Å². The molecular weight excluding hydrogens is 238 g/mol. The Kier molecular flexibility index (Phi) is 3.25. The van der Waals surface area contributed by atoms with E-state index in [0.717, 1.165) is 0 Å². The lowest BCUT2D eigenvalue weighted by atomic mass is 10.2. The zero-order chi connectivity index (χ0) is 9.84. The van der Waals surface area contributed by atoms with E-state index < -0.39 is 5.97 Å². The molecule has 0 fully saturated rings. The molecule has 0 saturated carbocycles. The van der Waals surface area contributed by atoms with Crippen molar-refractivity contribution < 1.29 is 14.6 Å². The molecule has 0 aromatic carbocycles. The van der Waals surface area contributed by atoms with Gasteiger partial charge in [0.2, 0.25) is 0 Å². The number of aliphatic carboxylic acids is 1. The van der Waals surface area contributed by atoms with E-state index in [2.05, 4.69) is 20.9 Å². The molecule has 1 aromatic rings. The number of pyridine rings is 1. The Labute approximate surface area is 83.7 Å². The molecule has 0 bridgehead atoms.